The number of allylic oxidation sites excluding steroid dienone is 1. The van der Waals surface area contributed by atoms with Crippen LogP contribution < -0.4 is 5.32 Å². The highest BCUT2D eigenvalue weighted by Gasteiger charge is 2.11. The topological polar surface area (TPSA) is 57.8 Å². The Morgan fingerprint density at radius 1 is 1.14 bits per heavy atom. The summed E-state index contributed by atoms with van der Waals surface area (Å²) in [5.41, 5.74) is 3.26. The second-order valence-electron chi connectivity index (χ2n) is 6.56. The van der Waals surface area contributed by atoms with Gasteiger partial charge in [0.1, 0.15) is 11.6 Å². The van der Waals surface area contributed by atoms with E-state index in [-0.39, 0.29) is 11.5 Å². The average molecular weight is 369 g/mol. The number of aryl methyl sites for hydroxylation is 1. The Hall–Kier alpha value is -3.58. The van der Waals surface area contributed by atoms with Crippen molar-refractivity contribution in [1.82, 2.24) is 9.88 Å². The second kappa shape index (κ2) is 9.38. The van der Waals surface area contributed by atoms with Crippen molar-refractivity contribution in [3.63, 3.8) is 0 Å². The van der Waals surface area contributed by atoms with Gasteiger partial charge < -0.3 is 9.88 Å². The first-order valence-corrected chi connectivity index (χ1v) is 9.35. The van der Waals surface area contributed by atoms with Crippen LogP contribution in [-0.2, 0) is 17.8 Å². The number of nitrogens with zero attached hydrogens (tertiary/aromatic N) is 2. The summed E-state index contributed by atoms with van der Waals surface area (Å²) in [7, 11) is 0. The number of benzene rings is 2. The maximum absolute atomic E-state index is 12.4. The van der Waals surface area contributed by atoms with Gasteiger partial charge >= 0.3 is 0 Å². The van der Waals surface area contributed by atoms with E-state index in [1.54, 1.807) is 6.08 Å². The molecule has 28 heavy (non-hydrogen) atoms. The average Bonchev–Trinajstić information content (AvgIpc) is 3.08. The first-order chi connectivity index (χ1) is 13.7. The van der Waals surface area contributed by atoms with Crippen molar-refractivity contribution in [1.29, 1.82) is 5.26 Å². The lowest BCUT2D eigenvalue weighted by molar-refractivity contribution is -0.117. The lowest BCUT2D eigenvalue weighted by Gasteiger charge is -2.04. The third-order valence-corrected chi connectivity index (χ3v) is 4.58. The Bertz CT molecular complexity index is 1040. The molecule has 0 spiro atoms. The van der Waals surface area contributed by atoms with E-state index in [2.05, 4.69) is 28.6 Å². The van der Waals surface area contributed by atoms with Crippen molar-refractivity contribution in [2.45, 2.75) is 19.4 Å². The van der Waals surface area contributed by atoms with Crippen molar-refractivity contribution in [2.75, 3.05) is 6.54 Å². The highest BCUT2D eigenvalue weighted by Crippen LogP contribution is 2.23. The van der Waals surface area contributed by atoms with Crippen LogP contribution in [0.1, 0.15) is 17.5 Å². The third kappa shape index (κ3) is 4.57. The van der Waals surface area contributed by atoms with Gasteiger partial charge in [0.15, 0.2) is 0 Å². The predicted octanol–water partition coefficient (Wildman–Crippen LogP) is 4.48. The number of amides is 1. The van der Waals surface area contributed by atoms with Crippen molar-refractivity contribution < 1.29 is 4.79 Å². The molecule has 0 aliphatic carbocycles. The highest BCUT2D eigenvalue weighted by molar-refractivity contribution is 6.04. The van der Waals surface area contributed by atoms with Gasteiger partial charge in [-0.2, -0.15) is 5.26 Å². The molecule has 0 bridgehead atoms. The SMILES string of the molecule is C=CCn1cc(/C=C(/C#N)C(=O)NCCCc2ccccc2)c2ccccc21. The maximum Gasteiger partial charge on any atom is 0.261 e. The van der Waals surface area contributed by atoms with Gasteiger partial charge in [-0.3, -0.25) is 4.79 Å². The first-order valence-electron chi connectivity index (χ1n) is 9.35. The number of aromatic nitrogens is 1. The molecule has 3 aromatic rings. The van der Waals surface area contributed by atoms with E-state index in [1.807, 2.05) is 60.8 Å². The molecule has 0 radical (unpaired) electrons. The fraction of sp³-hybridized carbons (Fsp3) is 0.167. The molecule has 0 aliphatic heterocycles. The quantitative estimate of drug-likeness (QED) is 0.275. The zero-order valence-corrected chi connectivity index (χ0v) is 15.8. The lowest BCUT2D eigenvalue weighted by Crippen LogP contribution is -2.25. The van der Waals surface area contributed by atoms with Crippen LogP contribution >= 0.6 is 0 Å². The van der Waals surface area contributed by atoms with Gasteiger partial charge in [0.2, 0.25) is 0 Å². The van der Waals surface area contributed by atoms with E-state index in [0.29, 0.717) is 13.1 Å². The van der Waals surface area contributed by atoms with Crippen LogP contribution in [0.5, 0.6) is 0 Å². The molecule has 4 nitrogen and oxygen atoms in total. The summed E-state index contributed by atoms with van der Waals surface area (Å²) in [6, 6.07) is 20.1. The van der Waals surface area contributed by atoms with Gasteiger partial charge in [-0.15, -0.1) is 6.58 Å². The predicted molar refractivity (Wildman–Crippen MR) is 113 cm³/mol. The molecule has 3 rings (SSSR count). The van der Waals surface area contributed by atoms with Gasteiger partial charge in [-0.05, 0) is 30.5 Å². The van der Waals surface area contributed by atoms with E-state index >= 15 is 0 Å². The van der Waals surface area contributed by atoms with Crippen LogP contribution in [0.15, 0.2) is 79.0 Å². The van der Waals surface area contributed by atoms with E-state index in [4.69, 9.17) is 0 Å². The van der Waals surface area contributed by atoms with Crippen molar-refractivity contribution in [3.8, 4) is 6.07 Å². The Labute approximate surface area is 165 Å². The number of hydrogen-bond donors (Lipinski definition) is 1. The summed E-state index contributed by atoms with van der Waals surface area (Å²) in [5.74, 6) is -0.337. The van der Waals surface area contributed by atoms with Crippen LogP contribution in [0.25, 0.3) is 17.0 Å². The number of nitrogens with one attached hydrogen (secondary N) is 1. The molecular weight excluding hydrogens is 346 g/mol. The standard InChI is InChI=1S/C24H23N3O/c1-2-15-27-18-21(22-12-6-7-13-23(22)27)16-20(17-25)24(28)26-14-8-11-19-9-4-3-5-10-19/h2-7,9-10,12-13,16,18H,1,8,11,14-15H2,(H,26,28)/b20-16-. The molecule has 1 amide bonds. The van der Waals surface area contributed by atoms with Crippen molar-refractivity contribution in [2.24, 2.45) is 0 Å². The van der Waals surface area contributed by atoms with Gasteiger partial charge in [-0.25, -0.2) is 0 Å². The molecular formula is C24H23N3O. The zero-order valence-electron chi connectivity index (χ0n) is 15.8. The number of carbonyl (C=O) groups excluding carboxylic acids is 1. The Balaban J connectivity index is 1.69. The third-order valence-electron chi connectivity index (χ3n) is 4.58. The van der Waals surface area contributed by atoms with E-state index in [9.17, 15) is 10.1 Å². The number of fused-ring (bicyclic) bond motifs is 1. The number of nitriles is 1. The lowest BCUT2D eigenvalue weighted by atomic mass is 10.1. The highest BCUT2D eigenvalue weighted by atomic mass is 16.1. The zero-order chi connectivity index (χ0) is 19.8. The summed E-state index contributed by atoms with van der Waals surface area (Å²) in [6.07, 6.45) is 7.15. The van der Waals surface area contributed by atoms with E-state index in [1.165, 1.54) is 5.56 Å². The number of para-hydroxylation sites is 1. The van der Waals surface area contributed by atoms with Gasteiger partial charge in [0, 0.05) is 35.8 Å². The van der Waals surface area contributed by atoms with Crippen LogP contribution in [0, 0.1) is 11.3 Å². The fourth-order valence-electron chi connectivity index (χ4n) is 3.22. The number of rotatable bonds is 8. The normalized spacial score (nSPS) is 11.2. The summed E-state index contributed by atoms with van der Waals surface area (Å²) < 4.78 is 2.06. The summed E-state index contributed by atoms with van der Waals surface area (Å²) in [6.45, 7) is 4.99. The van der Waals surface area contributed by atoms with Crippen LogP contribution in [0.2, 0.25) is 0 Å². The van der Waals surface area contributed by atoms with Gasteiger partial charge in [0.05, 0.1) is 0 Å². The van der Waals surface area contributed by atoms with Crippen LogP contribution in [0.3, 0.4) is 0 Å². The Morgan fingerprint density at radius 2 is 1.89 bits per heavy atom. The van der Waals surface area contributed by atoms with Crippen LogP contribution in [0.4, 0.5) is 0 Å². The number of hydrogen-bond acceptors (Lipinski definition) is 2. The Morgan fingerprint density at radius 3 is 2.64 bits per heavy atom. The van der Waals surface area contributed by atoms with E-state index < -0.39 is 0 Å². The molecule has 140 valence electrons. The largest absolute Gasteiger partial charge is 0.351 e. The Kier molecular flexibility index (Phi) is 6.43. The van der Waals surface area contributed by atoms with Crippen LogP contribution in [-0.4, -0.2) is 17.0 Å². The molecule has 0 fully saturated rings. The molecule has 0 aliphatic rings. The van der Waals surface area contributed by atoms with Gasteiger partial charge in [0.25, 0.3) is 5.91 Å². The molecule has 4 heteroatoms. The monoisotopic (exact) mass is 369 g/mol. The summed E-state index contributed by atoms with van der Waals surface area (Å²) in [5, 5.41) is 13.3. The summed E-state index contributed by atoms with van der Waals surface area (Å²) >= 11 is 0. The fourth-order valence-corrected chi connectivity index (χ4v) is 3.22. The molecule has 0 saturated carbocycles. The molecule has 2 aromatic carbocycles. The molecule has 0 unspecified atom stereocenters. The smallest absolute Gasteiger partial charge is 0.261 e. The second-order valence-corrected chi connectivity index (χ2v) is 6.56. The van der Waals surface area contributed by atoms with Gasteiger partial charge in [-0.1, -0.05) is 54.6 Å². The molecule has 0 saturated heterocycles. The maximum atomic E-state index is 12.4. The van der Waals surface area contributed by atoms with E-state index in [0.717, 1.165) is 29.3 Å². The molecule has 0 atom stereocenters. The molecule has 1 heterocycles. The molecule has 1 aromatic heterocycles. The first kappa shape index (κ1) is 19.2. The number of carbonyl (C=O) groups is 1. The minimum absolute atomic E-state index is 0.112. The minimum atomic E-state index is -0.337. The summed E-state index contributed by atoms with van der Waals surface area (Å²) in [4.78, 5) is 12.4. The van der Waals surface area contributed by atoms with Crippen molar-refractivity contribution in [3.05, 3.63) is 90.1 Å². The van der Waals surface area contributed by atoms with Crippen molar-refractivity contribution >= 4 is 22.9 Å². The minimum Gasteiger partial charge on any atom is -0.351 e. The molecule has 1 N–H and O–H groups in total.